The van der Waals surface area contributed by atoms with Crippen LogP contribution in [0.4, 0.5) is 10.8 Å². The maximum Gasteiger partial charge on any atom is 0.236 e. The number of thiazole rings is 1. The Morgan fingerprint density at radius 2 is 1.76 bits per heavy atom. The lowest BCUT2D eigenvalue weighted by atomic mass is 10.0. The fourth-order valence-electron chi connectivity index (χ4n) is 2.53. The monoisotopic (exact) mass is 395 g/mol. The molecular formula is C17H18ClN3O2S2. The van der Waals surface area contributed by atoms with Crippen molar-refractivity contribution in [3.8, 4) is 0 Å². The van der Waals surface area contributed by atoms with Crippen LogP contribution in [0.25, 0.3) is 0 Å². The van der Waals surface area contributed by atoms with E-state index >= 15 is 0 Å². The number of hydrogen-bond acceptors (Lipinski definition) is 5. The van der Waals surface area contributed by atoms with Gasteiger partial charge in [-0.3, -0.25) is 9.59 Å². The van der Waals surface area contributed by atoms with Gasteiger partial charge < -0.3 is 10.6 Å². The number of aryl methyl sites for hydroxylation is 2. The topological polar surface area (TPSA) is 71.1 Å². The van der Waals surface area contributed by atoms with Gasteiger partial charge in [-0.15, -0.1) is 23.1 Å². The zero-order valence-electron chi connectivity index (χ0n) is 13.5. The number of rotatable bonds is 6. The fraction of sp³-hybridized carbons (Fsp3) is 0.353. The standard InChI is InChI=1S/C17H18ClN3O2S2/c18-11-5-7-12(8-6-11)19-15(22)9-24-10-16(23)21-17-20-13-3-1-2-4-14(13)25-17/h5-8H,1-4,9-10H2,(H,19,22)(H,20,21,23). The summed E-state index contributed by atoms with van der Waals surface area (Å²) in [5.74, 6) is 0.156. The van der Waals surface area contributed by atoms with E-state index in [1.165, 1.54) is 29.5 Å². The van der Waals surface area contributed by atoms with E-state index < -0.39 is 0 Å². The van der Waals surface area contributed by atoms with Gasteiger partial charge in [0.25, 0.3) is 0 Å². The Labute approximate surface area is 159 Å². The van der Waals surface area contributed by atoms with Crippen molar-refractivity contribution in [3.63, 3.8) is 0 Å². The van der Waals surface area contributed by atoms with Gasteiger partial charge in [-0.2, -0.15) is 0 Å². The smallest absolute Gasteiger partial charge is 0.236 e. The molecule has 0 spiro atoms. The summed E-state index contributed by atoms with van der Waals surface area (Å²) >= 11 is 8.64. The number of fused-ring (bicyclic) bond motifs is 1. The largest absolute Gasteiger partial charge is 0.325 e. The maximum absolute atomic E-state index is 12.0. The van der Waals surface area contributed by atoms with Gasteiger partial charge in [-0.05, 0) is 49.9 Å². The molecule has 1 heterocycles. The van der Waals surface area contributed by atoms with Crippen molar-refractivity contribution in [2.75, 3.05) is 22.1 Å². The molecule has 2 amide bonds. The lowest BCUT2D eigenvalue weighted by Crippen LogP contribution is -2.18. The number of nitrogens with one attached hydrogen (secondary N) is 2. The molecule has 0 fully saturated rings. The van der Waals surface area contributed by atoms with E-state index in [9.17, 15) is 9.59 Å². The zero-order valence-corrected chi connectivity index (χ0v) is 15.9. The molecule has 132 valence electrons. The predicted molar refractivity (Wildman–Crippen MR) is 105 cm³/mol. The first-order valence-electron chi connectivity index (χ1n) is 8.02. The third-order valence-electron chi connectivity index (χ3n) is 3.69. The number of nitrogens with zero attached hydrogens (tertiary/aromatic N) is 1. The molecule has 0 saturated heterocycles. The number of anilines is 2. The molecule has 25 heavy (non-hydrogen) atoms. The highest BCUT2D eigenvalue weighted by Crippen LogP contribution is 2.29. The molecule has 0 atom stereocenters. The van der Waals surface area contributed by atoms with Gasteiger partial charge in [0.1, 0.15) is 0 Å². The molecule has 1 aliphatic rings. The fourth-order valence-corrected chi connectivity index (χ4v) is 4.34. The van der Waals surface area contributed by atoms with Crippen LogP contribution < -0.4 is 10.6 Å². The Kier molecular flexibility index (Phi) is 6.34. The van der Waals surface area contributed by atoms with Crippen molar-refractivity contribution >= 4 is 57.3 Å². The van der Waals surface area contributed by atoms with Crippen molar-refractivity contribution in [3.05, 3.63) is 39.9 Å². The molecule has 8 heteroatoms. The molecule has 0 aliphatic heterocycles. The Hall–Kier alpha value is -1.57. The minimum Gasteiger partial charge on any atom is -0.325 e. The number of amides is 2. The van der Waals surface area contributed by atoms with Crippen LogP contribution in [-0.2, 0) is 22.4 Å². The van der Waals surface area contributed by atoms with E-state index in [-0.39, 0.29) is 23.3 Å². The number of aromatic nitrogens is 1. The predicted octanol–water partition coefficient (Wildman–Crippen LogP) is 3.99. The summed E-state index contributed by atoms with van der Waals surface area (Å²) < 4.78 is 0. The van der Waals surface area contributed by atoms with Gasteiger partial charge in [-0.1, -0.05) is 11.6 Å². The minimum atomic E-state index is -0.148. The van der Waals surface area contributed by atoms with E-state index in [2.05, 4.69) is 15.6 Å². The normalized spacial score (nSPS) is 13.2. The van der Waals surface area contributed by atoms with Gasteiger partial charge in [0.05, 0.1) is 17.2 Å². The molecule has 3 rings (SSSR count). The van der Waals surface area contributed by atoms with Gasteiger partial charge in [0, 0.05) is 15.6 Å². The molecule has 1 aliphatic carbocycles. The molecular weight excluding hydrogens is 378 g/mol. The third kappa shape index (κ3) is 5.45. The van der Waals surface area contributed by atoms with E-state index in [1.54, 1.807) is 35.6 Å². The SMILES string of the molecule is O=C(CSCC(=O)Nc1nc2c(s1)CCCC2)Nc1ccc(Cl)cc1. The van der Waals surface area contributed by atoms with Crippen molar-refractivity contribution < 1.29 is 9.59 Å². The van der Waals surface area contributed by atoms with Crippen LogP contribution in [0.3, 0.4) is 0 Å². The number of benzene rings is 1. The lowest BCUT2D eigenvalue weighted by Gasteiger charge is -2.06. The summed E-state index contributed by atoms with van der Waals surface area (Å²) in [6, 6.07) is 6.90. The van der Waals surface area contributed by atoms with Gasteiger partial charge in [0.2, 0.25) is 11.8 Å². The van der Waals surface area contributed by atoms with Crippen LogP contribution in [0.5, 0.6) is 0 Å². The maximum atomic E-state index is 12.0. The summed E-state index contributed by atoms with van der Waals surface area (Å²) in [5, 5.41) is 6.88. The van der Waals surface area contributed by atoms with Crippen molar-refractivity contribution in [2.24, 2.45) is 0 Å². The molecule has 0 radical (unpaired) electrons. The summed E-state index contributed by atoms with van der Waals surface area (Å²) in [4.78, 5) is 29.6. The van der Waals surface area contributed by atoms with Crippen molar-refractivity contribution in [1.82, 2.24) is 4.98 Å². The van der Waals surface area contributed by atoms with Crippen molar-refractivity contribution in [1.29, 1.82) is 0 Å². The number of thioether (sulfide) groups is 1. The Balaban J connectivity index is 1.39. The Bertz CT molecular complexity index is 738. The molecule has 0 unspecified atom stereocenters. The molecule has 2 aromatic rings. The number of halogens is 1. The second-order valence-corrected chi connectivity index (χ2v) is 8.20. The first-order chi connectivity index (χ1) is 12.1. The van der Waals surface area contributed by atoms with Crippen LogP contribution in [0.1, 0.15) is 23.4 Å². The molecule has 0 saturated carbocycles. The lowest BCUT2D eigenvalue weighted by molar-refractivity contribution is -0.114. The van der Waals surface area contributed by atoms with Crippen LogP contribution in [0.15, 0.2) is 24.3 Å². The van der Waals surface area contributed by atoms with E-state index in [1.807, 2.05) is 0 Å². The third-order valence-corrected chi connectivity index (χ3v) is 5.94. The Morgan fingerprint density at radius 3 is 2.48 bits per heavy atom. The summed E-state index contributed by atoms with van der Waals surface area (Å²) in [6.07, 6.45) is 4.42. The molecule has 1 aromatic carbocycles. The average Bonchev–Trinajstić information content (AvgIpc) is 2.99. The summed E-state index contributed by atoms with van der Waals surface area (Å²) in [7, 11) is 0. The second kappa shape index (κ2) is 8.69. The zero-order chi connectivity index (χ0) is 17.6. The highest BCUT2D eigenvalue weighted by atomic mass is 35.5. The molecule has 0 bridgehead atoms. The van der Waals surface area contributed by atoms with Crippen molar-refractivity contribution in [2.45, 2.75) is 25.7 Å². The van der Waals surface area contributed by atoms with Crippen LogP contribution in [0.2, 0.25) is 5.02 Å². The van der Waals surface area contributed by atoms with Crippen LogP contribution in [-0.4, -0.2) is 28.3 Å². The highest BCUT2D eigenvalue weighted by Gasteiger charge is 2.16. The number of hydrogen-bond donors (Lipinski definition) is 2. The first-order valence-corrected chi connectivity index (χ1v) is 10.4. The minimum absolute atomic E-state index is 0.129. The average molecular weight is 396 g/mol. The molecule has 5 nitrogen and oxygen atoms in total. The van der Waals surface area contributed by atoms with Gasteiger partial charge in [-0.25, -0.2) is 4.98 Å². The Morgan fingerprint density at radius 1 is 1.08 bits per heavy atom. The number of carbonyl (C=O) groups excluding carboxylic acids is 2. The summed E-state index contributed by atoms with van der Waals surface area (Å²) in [6.45, 7) is 0. The highest BCUT2D eigenvalue weighted by molar-refractivity contribution is 8.00. The first kappa shape index (κ1) is 18.2. The van der Waals surface area contributed by atoms with E-state index in [0.29, 0.717) is 15.8 Å². The van der Waals surface area contributed by atoms with E-state index in [0.717, 1.165) is 18.5 Å². The van der Waals surface area contributed by atoms with Crippen LogP contribution >= 0.6 is 34.7 Å². The molecule has 1 aromatic heterocycles. The van der Waals surface area contributed by atoms with Gasteiger partial charge >= 0.3 is 0 Å². The molecule has 2 N–H and O–H groups in total. The van der Waals surface area contributed by atoms with E-state index in [4.69, 9.17) is 11.6 Å². The summed E-state index contributed by atoms with van der Waals surface area (Å²) in [5.41, 5.74) is 1.81. The quantitative estimate of drug-likeness (QED) is 0.775. The number of carbonyl (C=O) groups is 2. The second-order valence-electron chi connectivity index (χ2n) is 5.69. The van der Waals surface area contributed by atoms with Gasteiger partial charge in [0.15, 0.2) is 5.13 Å². The van der Waals surface area contributed by atoms with Crippen LogP contribution in [0, 0.1) is 0 Å².